The fraction of sp³-hybridized carbons (Fsp3) is 0.348. The van der Waals surface area contributed by atoms with Gasteiger partial charge in [0.05, 0.1) is 12.3 Å². The van der Waals surface area contributed by atoms with Crippen LogP contribution in [0.15, 0.2) is 52.8 Å². The summed E-state index contributed by atoms with van der Waals surface area (Å²) in [5.41, 5.74) is 4.16. The number of benzene rings is 2. The number of hydrogen-bond donors (Lipinski definition) is 1. The normalized spacial score (nSPS) is 11.8. The van der Waals surface area contributed by atoms with E-state index in [2.05, 4.69) is 22.6 Å². The minimum atomic E-state index is -0.342. The number of amides is 1. The maximum absolute atomic E-state index is 12.3. The van der Waals surface area contributed by atoms with E-state index in [1.54, 1.807) is 7.05 Å². The number of ether oxygens (including phenoxy) is 1. The molecule has 7 nitrogen and oxygen atoms in total. The van der Waals surface area contributed by atoms with Gasteiger partial charge in [0.15, 0.2) is 5.71 Å². The number of nitrogens with one attached hydrogen (secondary N) is 1. The largest absolute Gasteiger partial charge is 0.493 e. The van der Waals surface area contributed by atoms with E-state index < -0.39 is 0 Å². The molecule has 0 bridgehead atoms. The van der Waals surface area contributed by atoms with E-state index in [-0.39, 0.29) is 18.2 Å². The second-order valence-electron chi connectivity index (χ2n) is 6.60. The first-order valence-electron chi connectivity index (χ1n) is 9.84. The zero-order valence-electron chi connectivity index (χ0n) is 18.2. The monoisotopic (exact) mass is 411 g/mol. The van der Waals surface area contributed by atoms with Crippen molar-refractivity contribution in [1.82, 2.24) is 5.32 Å². The lowest BCUT2D eigenvalue weighted by molar-refractivity contribution is -0.114. The summed E-state index contributed by atoms with van der Waals surface area (Å²) in [4.78, 5) is 22.8. The summed E-state index contributed by atoms with van der Waals surface area (Å²) in [7, 11) is 2.95. The average molecular weight is 412 g/mol. The molecule has 0 saturated heterocycles. The first kappa shape index (κ1) is 22.9. The Morgan fingerprint density at radius 3 is 2.50 bits per heavy atom. The number of oxime groups is 2. The molecule has 30 heavy (non-hydrogen) atoms. The molecule has 2 aromatic rings. The van der Waals surface area contributed by atoms with Crippen molar-refractivity contribution in [3.8, 4) is 5.75 Å². The third-order valence-corrected chi connectivity index (χ3v) is 4.44. The molecule has 0 saturated carbocycles. The smallest absolute Gasteiger partial charge is 0.273 e. The number of likely N-dealkylation sites (N-methyl/N-ethyl adjacent to an activating group) is 1. The van der Waals surface area contributed by atoms with E-state index in [0.29, 0.717) is 17.9 Å². The molecule has 1 amide bonds. The zero-order valence-corrected chi connectivity index (χ0v) is 18.2. The molecule has 0 aliphatic carbocycles. The van der Waals surface area contributed by atoms with Crippen LogP contribution in [0.5, 0.6) is 5.75 Å². The Bertz CT molecular complexity index is 922. The van der Waals surface area contributed by atoms with Gasteiger partial charge in [-0.3, -0.25) is 4.79 Å². The molecular formula is C23H29N3O4. The maximum Gasteiger partial charge on any atom is 0.273 e. The molecule has 1 N–H and O–H groups in total. The van der Waals surface area contributed by atoms with Crippen LogP contribution in [0, 0.1) is 6.92 Å². The second-order valence-corrected chi connectivity index (χ2v) is 6.60. The predicted octanol–water partition coefficient (Wildman–Crippen LogP) is 3.82. The molecule has 7 heteroatoms. The van der Waals surface area contributed by atoms with Crippen molar-refractivity contribution in [2.45, 2.75) is 33.8 Å². The third kappa shape index (κ3) is 5.83. The molecule has 0 heterocycles. The Morgan fingerprint density at radius 1 is 1.07 bits per heavy atom. The van der Waals surface area contributed by atoms with Crippen LogP contribution < -0.4 is 10.1 Å². The van der Waals surface area contributed by atoms with Crippen LogP contribution in [0.4, 0.5) is 0 Å². The number of nitrogens with zero attached hydrogens (tertiary/aromatic N) is 2. The highest BCUT2D eigenvalue weighted by atomic mass is 16.6. The van der Waals surface area contributed by atoms with Gasteiger partial charge in [-0.1, -0.05) is 47.6 Å². The maximum atomic E-state index is 12.3. The molecule has 0 spiro atoms. The number of rotatable bonds is 10. The van der Waals surface area contributed by atoms with E-state index in [9.17, 15) is 4.79 Å². The summed E-state index contributed by atoms with van der Waals surface area (Å²) in [5, 5.41) is 10.8. The van der Waals surface area contributed by atoms with Gasteiger partial charge in [-0.25, -0.2) is 0 Å². The minimum Gasteiger partial charge on any atom is -0.493 e. The van der Waals surface area contributed by atoms with Gasteiger partial charge in [0, 0.05) is 23.7 Å². The van der Waals surface area contributed by atoms with Gasteiger partial charge in [0.25, 0.3) is 5.91 Å². The number of para-hydroxylation sites is 1. The summed E-state index contributed by atoms with van der Waals surface area (Å²) in [6.07, 6.45) is 0.924. The fourth-order valence-electron chi connectivity index (χ4n) is 2.88. The number of carbonyl (C=O) groups excluding carboxylic acids is 1. The summed E-state index contributed by atoms with van der Waals surface area (Å²) in [5.74, 6) is 0.431. The van der Waals surface area contributed by atoms with Crippen LogP contribution in [0.1, 0.15) is 42.5 Å². The Labute approximate surface area is 177 Å². The number of aryl methyl sites for hydroxylation is 1. The Morgan fingerprint density at radius 2 is 1.80 bits per heavy atom. The zero-order chi connectivity index (χ0) is 21.9. The Kier molecular flexibility index (Phi) is 8.87. The van der Waals surface area contributed by atoms with Gasteiger partial charge >= 0.3 is 0 Å². The lowest BCUT2D eigenvalue weighted by Crippen LogP contribution is -2.29. The average Bonchev–Trinajstić information content (AvgIpc) is 2.76. The summed E-state index contributed by atoms with van der Waals surface area (Å²) >= 11 is 0. The van der Waals surface area contributed by atoms with Gasteiger partial charge in [-0.15, -0.1) is 0 Å². The standard InChI is InChI=1S/C23H29N3O4/c1-6-14-29-21-13-8-7-11-18(21)17(3)25-30-15-20-16(2)10-9-12-19(20)22(26-28-5)23(27)24-4/h7-13H,6,14-15H2,1-5H3,(H,24,27)/b25-17+,26-22+. The van der Waals surface area contributed by atoms with Crippen molar-refractivity contribution >= 4 is 17.3 Å². The van der Waals surface area contributed by atoms with E-state index in [1.807, 2.05) is 56.3 Å². The molecule has 0 atom stereocenters. The van der Waals surface area contributed by atoms with E-state index in [4.69, 9.17) is 14.4 Å². The van der Waals surface area contributed by atoms with Crippen molar-refractivity contribution < 1.29 is 19.2 Å². The summed E-state index contributed by atoms with van der Waals surface area (Å²) in [6.45, 7) is 6.69. The molecule has 0 radical (unpaired) electrons. The second kappa shape index (κ2) is 11.6. The molecular weight excluding hydrogens is 382 g/mol. The Hall–Kier alpha value is -3.35. The predicted molar refractivity (Wildman–Crippen MR) is 118 cm³/mol. The van der Waals surface area contributed by atoms with E-state index in [0.717, 1.165) is 28.9 Å². The Balaban J connectivity index is 2.26. The van der Waals surface area contributed by atoms with Crippen molar-refractivity contribution in [2.75, 3.05) is 20.8 Å². The van der Waals surface area contributed by atoms with Crippen molar-refractivity contribution in [3.63, 3.8) is 0 Å². The molecule has 0 aliphatic heterocycles. The van der Waals surface area contributed by atoms with Crippen LogP contribution in [0.25, 0.3) is 0 Å². The highest BCUT2D eigenvalue weighted by Crippen LogP contribution is 2.21. The molecule has 0 aromatic heterocycles. The van der Waals surface area contributed by atoms with Crippen molar-refractivity contribution in [1.29, 1.82) is 0 Å². The highest BCUT2D eigenvalue weighted by Gasteiger charge is 2.19. The topological polar surface area (TPSA) is 81.5 Å². The number of hydrogen-bond acceptors (Lipinski definition) is 6. The molecule has 2 aromatic carbocycles. The SMILES string of the molecule is CCCOc1ccccc1/C(C)=N/OCc1c(C)cccc1/C(=N\OC)C(=O)NC. The minimum absolute atomic E-state index is 0.178. The van der Waals surface area contributed by atoms with Crippen LogP contribution >= 0.6 is 0 Å². The molecule has 0 unspecified atom stereocenters. The van der Waals surface area contributed by atoms with Gasteiger partial charge in [-0.2, -0.15) is 0 Å². The van der Waals surface area contributed by atoms with Crippen molar-refractivity contribution in [2.24, 2.45) is 10.3 Å². The number of carbonyl (C=O) groups is 1. The van der Waals surface area contributed by atoms with Crippen LogP contribution in [0.3, 0.4) is 0 Å². The lowest BCUT2D eigenvalue weighted by atomic mass is 9.98. The summed E-state index contributed by atoms with van der Waals surface area (Å²) in [6, 6.07) is 13.3. The van der Waals surface area contributed by atoms with Crippen LogP contribution in [0.2, 0.25) is 0 Å². The molecule has 160 valence electrons. The van der Waals surface area contributed by atoms with Gasteiger partial charge in [0.1, 0.15) is 19.5 Å². The van der Waals surface area contributed by atoms with E-state index >= 15 is 0 Å². The lowest BCUT2D eigenvalue weighted by Gasteiger charge is -2.13. The van der Waals surface area contributed by atoms with Gasteiger partial charge in [-0.05, 0) is 38.0 Å². The first-order chi connectivity index (χ1) is 14.5. The quantitative estimate of drug-likeness (QED) is 0.476. The molecule has 0 fully saturated rings. The fourth-order valence-corrected chi connectivity index (χ4v) is 2.88. The van der Waals surface area contributed by atoms with Crippen LogP contribution in [-0.4, -0.2) is 38.1 Å². The first-order valence-corrected chi connectivity index (χ1v) is 9.84. The van der Waals surface area contributed by atoms with Gasteiger partial charge < -0.3 is 19.7 Å². The van der Waals surface area contributed by atoms with Gasteiger partial charge in [0.2, 0.25) is 0 Å². The third-order valence-electron chi connectivity index (χ3n) is 4.44. The molecule has 2 rings (SSSR count). The van der Waals surface area contributed by atoms with Crippen LogP contribution in [-0.2, 0) is 21.1 Å². The molecule has 0 aliphatic rings. The van der Waals surface area contributed by atoms with E-state index in [1.165, 1.54) is 7.11 Å². The highest BCUT2D eigenvalue weighted by molar-refractivity contribution is 6.45. The summed E-state index contributed by atoms with van der Waals surface area (Å²) < 4.78 is 5.80. The van der Waals surface area contributed by atoms with Crippen molar-refractivity contribution in [3.05, 3.63) is 64.7 Å².